The van der Waals surface area contributed by atoms with Gasteiger partial charge in [0.2, 0.25) is 0 Å². The van der Waals surface area contributed by atoms with Crippen LogP contribution in [0.4, 0.5) is 0 Å². The van der Waals surface area contributed by atoms with Crippen LogP contribution in [0, 0.1) is 0 Å². The summed E-state index contributed by atoms with van der Waals surface area (Å²) in [6.45, 7) is 2.55. The third-order valence-electron chi connectivity index (χ3n) is 2.88. The van der Waals surface area contributed by atoms with E-state index in [1.807, 2.05) is 17.8 Å². The minimum absolute atomic E-state index is 0.541. The summed E-state index contributed by atoms with van der Waals surface area (Å²) in [4.78, 5) is 4.22. The highest BCUT2D eigenvalue weighted by atomic mass is 16.5. The summed E-state index contributed by atoms with van der Waals surface area (Å²) in [6.07, 6.45) is 7.61. The van der Waals surface area contributed by atoms with Gasteiger partial charge >= 0.3 is 0 Å². The van der Waals surface area contributed by atoms with E-state index in [-0.39, 0.29) is 0 Å². The van der Waals surface area contributed by atoms with E-state index in [1.54, 1.807) is 6.20 Å². The Labute approximate surface area is 90.6 Å². The van der Waals surface area contributed by atoms with Crippen molar-refractivity contribution in [2.24, 2.45) is 7.05 Å². The molecule has 1 aliphatic heterocycles. The molecule has 0 spiro atoms. The maximum Gasteiger partial charge on any atom is 0.134 e. The van der Waals surface area contributed by atoms with E-state index < -0.39 is 0 Å². The van der Waals surface area contributed by atoms with Gasteiger partial charge in [-0.15, -0.1) is 0 Å². The lowest BCUT2D eigenvalue weighted by molar-refractivity contribution is 0.0854. The summed E-state index contributed by atoms with van der Waals surface area (Å²) >= 11 is 0. The Morgan fingerprint density at radius 1 is 1.60 bits per heavy atom. The number of aryl methyl sites for hydroxylation is 1. The molecule has 0 amide bonds. The molecular formula is C11H19N3O. The highest BCUT2D eigenvalue weighted by molar-refractivity contribution is 4.88. The molecule has 0 radical (unpaired) electrons. The number of nitrogens with zero attached hydrogens (tertiary/aromatic N) is 2. The predicted molar refractivity (Wildman–Crippen MR) is 58.5 cm³/mol. The van der Waals surface area contributed by atoms with Crippen LogP contribution in [0.3, 0.4) is 0 Å². The molecule has 1 atom stereocenters. The molecule has 2 heterocycles. The Balaban J connectivity index is 1.68. The van der Waals surface area contributed by atoms with Crippen molar-refractivity contribution in [1.29, 1.82) is 0 Å². The molecular weight excluding hydrogens is 190 g/mol. The fourth-order valence-electron chi connectivity index (χ4n) is 1.89. The number of hydrogen-bond donors (Lipinski definition) is 1. The van der Waals surface area contributed by atoms with E-state index >= 15 is 0 Å². The largest absolute Gasteiger partial charge is 0.372 e. The average molecular weight is 209 g/mol. The van der Waals surface area contributed by atoms with Crippen molar-refractivity contribution >= 4 is 0 Å². The minimum Gasteiger partial charge on any atom is -0.372 e. The van der Waals surface area contributed by atoms with Gasteiger partial charge in [0.25, 0.3) is 0 Å². The third-order valence-corrected chi connectivity index (χ3v) is 2.88. The summed E-state index contributed by atoms with van der Waals surface area (Å²) < 4.78 is 7.65. The molecule has 2 rings (SSSR count). The zero-order valence-electron chi connectivity index (χ0n) is 9.28. The van der Waals surface area contributed by atoms with Crippen LogP contribution in [-0.4, -0.2) is 28.7 Å². The highest BCUT2D eigenvalue weighted by Gasteiger charge is 2.12. The lowest BCUT2D eigenvalue weighted by atomic mass is 10.1. The van der Waals surface area contributed by atoms with Gasteiger partial charge in [-0.05, 0) is 19.4 Å². The van der Waals surface area contributed by atoms with Crippen molar-refractivity contribution in [1.82, 2.24) is 14.9 Å². The van der Waals surface area contributed by atoms with E-state index in [0.29, 0.717) is 12.6 Å². The number of hydrogen-bond acceptors (Lipinski definition) is 3. The van der Waals surface area contributed by atoms with Gasteiger partial charge in [-0.3, -0.25) is 0 Å². The van der Waals surface area contributed by atoms with Crippen LogP contribution in [0.15, 0.2) is 12.4 Å². The molecule has 0 bridgehead atoms. The Morgan fingerprint density at radius 2 is 2.53 bits per heavy atom. The molecule has 1 aromatic heterocycles. The molecule has 0 aliphatic carbocycles. The Hall–Kier alpha value is -0.870. The van der Waals surface area contributed by atoms with Crippen molar-refractivity contribution in [2.75, 3.05) is 13.2 Å². The van der Waals surface area contributed by atoms with Crippen molar-refractivity contribution in [3.8, 4) is 0 Å². The number of nitrogens with one attached hydrogen (secondary N) is 1. The van der Waals surface area contributed by atoms with E-state index in [2.05, 4.69) is 10.3 Å². The summed E-state index contributed by atoms with van der Waals surface area (Å²) in [6, 6.07) is 0.541. The molecule has 84 valence electrons. The molecule has 1 fully saturated rings. The van der Waals surface area contributed by atoms with Crippen molar-refractivity contribution in [2.45, 2.75) is 31.9 Å². The maximum atomic E-state index is 5.65. The zero-order chi connectivity index (χ0) is 10.5. The minimum atomic E-state index is 0.541. The molecule has 0 saturated carbocycles. The van der Waals surface area contributed by atoms with Gasteiger partial charge in [0.15, 0.2) is 0 Å². The summed E-state index contributed by atoms with van der Waals surface area (Å²) in [5.74, 6) is 0.991. The molecule has 1 saturated heterocycles. The van der Waals surface area contributed by atoms with Crippen molar-refractivity contribution in [3.63, 3.8) is 0 Å². The van der Waals surface area contributed by atoms with Crippen molar-refractivity contribution in [3.05, 3.63) is 18.2 Å². The van der Waals surface area contributed by atoms with Gasteiger partial charge in [0, 0.05) is 25.5 Å². The Morgan fingerprint density at radius 3 is 3.20 bits per heavy atom. The molecule has 4 heteroatoms. The summed E-state index contributed by atoms with van der Waals surface area (Å²) in [5.41, 5.74) is 0. The Bertz CT molecular complexity index is 292. The normalized spacial score (nSPS) is 21.8. The SMILES string of the molecule is Cn1ccnc1COCC1CCCCN1. The van der Waals surface area contributed by atoms with Gasteiger partial charge in [0.1, 0.15) is 12.4 Å². The molecule has 1 aliphatic rings. The molecule has 4 nitrogen and oxygen atoms in total. The average Bonchev–Trinajstić information content (AvgIpc) is 2.66. The number of ether oxygens (including phenoxy) is 1. The van der Waals surface area contributed by atoms with E-state index in [1.165, 1.54) is 19.3 Å². The van der Waals surface area contributed by atoms with Gasteiger partial charge in [-0.25, -0.2) is 4.98 Å². The number of imidazole rings is 1. The second kappa shape index (κ2) is 5.28. The van der Waals surface area contributed by atoms with E-state index in [9.17, 15) is 0 Å². The van der Waals surface area contributed by atoms with Crippen LogP contribution in [0.1, 0.15) is 25.1 Å². The molecule has 1 aromatic rings. The number of rotatable bonds is 4. The lowest BCUT2D eigenvalue weighted by Crippen LogP contribution is -2.37. The van der Waals surface area contributed by atoms with Crippen LogP contribution in [-0.2, 0) is 18.4 Å². The van der Waals surface area contributed by atoms with E-state index in [4.69, 9.17) is 4.74 Å². The first kappa shape index (κ1) is 10.6. The number of piperidine rings is 1. The smallest absolute Gasteiger partial charge is 0.134 e. The highest BCUT2D eigenvalue weighted by Crippen LogP contribution is 2.07. The van der Waals surface area contributed by atoms with Gasteiger partial charge < -0.3 is 14.6 Å². The first-order valence-electron chi connectivity index (χ1n) is 5.63. The van der Waals surface area contributed by atoms with Crippen molar-refractivity contribution < 1.29 is 4.74 Å². The first-order chi connectivity index (χ1) is 7.36. The quantitative estimate of drug-likeness (QED) is 0.806. The Kier molecular flexibility index (Phi) is 3.75. The zero-order valence-corrected chi connectivity index (χ0v) is 9.28. The standard InChI is InChI=1S/C11H19N3O/c1-14-7-6-13-11(14)9-15-8-10-4-2-3-5-12-10/h6-7,10,12H,2-5,8-9H2,1H3. The predicted octanol–water partition coefficient (Wildman–Crippen LogP) is 1.08. The second-order valence-electron chi connectivity index (χ2n) is 4.12. The summed E-state index contributed by atoms with van der Waals surface area (Å²) in [5, 5.41) is 3.46. The van der Waals surface area contributed by atoms with Gasteiger partial charge in [-0.1, -0.05) is 6.42 Å². The molecule has 15 heavy (non-hydrogen) atoms. The monoisotopic (exact) mass is 209 g/mol. The fourth-order valence-corrected chi connectivity index (χ4v) is 1.89. The number of aromatic nitrogens is 2. The maximum absolute atomic E-state index is 5.65. The van der Waals surface area contributed by atoms with Crippen LogP contribution in [0.2, 0.25) is 0 Å². The third kappa shape index (κ3) is 3.04. The molecule has 1 N–H and O–H groups in total. The first-order valence-corrected chi connectivity index (χ1v) is 5.63. The molecule has 0 aromatic carbocycles. The van der Waals surface area contributed by atoms with Crippen LogP contribution < -0.4 is 5.32 Å². The molecule has 1 unspecified atom stereocenters. The van der Waals surface area contributed by atoms with Crippen LogP contribution >= 0.6 is 0 Å². The lowest BCUT2D eigenvalue weighted by Gasteiger charge is -2.23. The topological polar surface area (TPSA) is 39.1 Å². The van der Waals surface area contributed by atoms with Crippen LogP contribution in [0.25, 0.3) is 0 Å². The van der Waals surface area contributed by atoms with E-state index in [0.717, 1.165) is 19.0 Å². The van der Waals surface area contributed by atoms with Gasteiger partial charge in [0.05, 0.1) is 6.61 Å². The fraction of sp³-hybridized carbons (Fsp3) is 0.727. The van der Waals surface area contributed by atoms with Crippen LogP contribution in [0.5, 0.6) is 0 Å². The second-order valence-corrected chi connectivity index (χ2v) is 4.12. The summed E-state index contributed by atoms with van der Waals surface area (Å²) in [7, 11) is 1.99. The van der Waals surface area contributed by atoms with Gasteiger partial charge in [-0.2, -0.15) is 0 Å².